The van der Waals surface area contributed by atoms with Gasteiger partial charge >= 0.3 is 12.4 Å². The van der Waals surface area contributed by atoms with Crippen molar-refractivity contribution in [1.29, 1.82) is 0 Å². The van der Waals surface area contributed by atoms with Crippen LogP contribution in [0.5, 0.6) is 0 Å². The predicted molar refractivity (Wildman–Crippen MR) is 194 cm³/mol. The maximum absolute atomic E-state index is 14.0. The number of anilines is 3. The molecule has 3 amide bonds. The Morgan fingerprint density at radius 2 is 1.44 bits per heavy atom. The van der Waals surface area contributed by atoms with Crippen LogP contribution >= 0.6 is 23.5 Å². The summed E-state index contributed by atoms with van der Waals surface area (Å²) < 4.78 is 82.4. The fourth-order valence-corrected chi connectivity index (χ4v) is 5.89. The Balaban J connectivity index is 2.44. The molecule has 12 nitrogen and oxygen atoms in total. The van der Waals surface area contributed by atoms with E-state index < -0.39 is 47.1 Å². The van der Waals surface area contributed by atoms with E-state index in [1.54, 1.807) is 0 Å². The average Bonchev–Trinajstić information content (AvgIpc) is 3.05. The van der Waals surface area contributed by atoms with Gasteiger partial charge in [-0.1, -0.05) is 0 Å². The molecule has 1 unspecified atom stereocenters. The van der Waals surface area contributed by atoms with Gasteiger partial charge in [0.15, 0.2) is 5.96 Å². The second kappa shape index (κ2) is 20.7. The molecule has 0 spiro atoms. The lowest BCUT2D eigenvalue weighted by atomic mass is 10.1. The number of rotatable bonds is 18. The first kappa shape index (κ1) is 43.9. The molecule has 0 saturated carbocycles. The van der Waals surface area contributed by atoms with E-state index in [-0.39, 0.29) is 65.4 Å². The molecular formula is C32H41F6N9O3S2. The van der Waals surface area contributed by atoms with Gasteiger partial charge in [0.25, 0.3) is 5.91 Å². The number of halogens is 6. The molecule has 52 heavy (non-hydrogen) atoms. The summed E-state index contributed by atoms with van der Waals surface area (Å²) in [7, 11) is 0. The third-order valence-electron chi connectivity index (χ3n) is 6.67. The van der Waals surface area contributed by atoms with Crippen LogP contribution in [-0.4, -0.2) is 61.0 Å². The zero-order valence-electron chi connectivity index (χ0n) is 28.3. The normalized spacial score (nSPS) is 12.8. The monoisotopic (exact) mass is 777 g/mol. The number of amides is 3. The number of nitrogens with zero attached hydrogens (tertiary/aromatic N) is 2. The SMILES string of the molecule is CC=N/C(=C\C(C)C(=O)Nc1cc(C(F)(F)F)cc(NC(=O)CCCCN=C(N)N)c1SCCN)C(=O)Nc1cc(C(F)(F)F)ccc1SCCN. The predicted octanol–water partition coefficient (Wildman–Crippen LogP) is 5.40. The van der Waals surface area contributed by atoms with Crippen molar-refractivity contribution in [2.24, 2.45) is 38.8 Å². The number of nitrogens with two attached hydrogens (primary N) is 4. The van der Waals surface area contributed by atoms with Crippen LogP contribution in [-0.2, 0) is 26.7 Å². The minimum absolute atomic E-state index is 0.0583. The van der Waals surface area contributed by atoms with E-state index in [9.17, 15) is 40.7 Å². The van der Waals surface area contributed by atoms with Crippen molar-refractivity contribution < 1.29 is 40.7 Å². The molecule has 0 aliphatic rings. The second-order valence-corrected chi connectivity index (χ2v) is 13.1. The van der Waals surface area contributed by atoms with Crippen molar-refractivity contribution in [2.45, 2.75) is 55.3 Å². The Kier molecular flexibility index (Phi) is 17.5. The molecule has 286 valence electrons. The first-order valence-corrected chi connectivity index (χ1v) is 17.7. The molecule has 0 aromatic heterocycles. The largest absolute Gasteiger partial charge is 0.416 e. The van der Waals surface area contributed by atoms with Gasteiger partial charge in [0.05, 0.1) is 39.0 Å². The molecule has 0 aliphatic carbocycles. The summed E-state index contributed by atoms with van der Waals surface area (Å²) >= 11 is 2.12. The first-order valence-electron chi connectivity index (χ1n) is 15.7. The van der Waals surface area contributed by atoms with E-state index in [0.29, 0.717) is 29.6 Å². The zero-order chi connectivity index (χ0) is 39.1. The van der Waals surface area contributed by atoms with Crippen LogP contribution in [0.2, 0.25) is 0 Å². The maximum Gasteiger partial charge on any atom is 0.416 e. The summed E-state index contributed by atoms with van der Waals surface area (Å²) in [6.07, 6.45) is -6.53. The lowest BCUT2D eigenvalue weighted by Crippen LogP contribution is -2.23. The number of carbonyl (C=O) groups is 3. The molecule has 2 aromatic carbocycles. The van der Waals surface area contributed by atoms with Gasteiger partial charge in [-0.15, -0.1) is 23.5 Å². The van der Waals surface area contributed by atoms with Crippen LogP contribution < -0.4 is 38.9 Å². The number of hydrogen-bond acceptors (Lipinski definition) is 9. The Morgan fingerprint density at radius 3 is 2.02 bits per heavy atom. The lowest BCUT2D eigenvalue weighted by Gasteiger charge is -2.20. The van der Waals surface area contributed by atoms with Crippen LogP contribution in [0, 0.1) is 5.92 Å². The molecule has 0 radical (unpaired) electrons. The number of aliphatic imine (C=N–C) groups is 2. The Bertz CT molecular complexity index is 1650. The third kappa shape index (κ3) is 14.4. The number of unbranched alkanes of at least 4 members (excludes halogenated alkanes) is 1. The molecule has 0 bridgehead atoms. The van der Waals surface area contributed by atoms with E-state index in [2.05, 4.69) is 25.9 Å². The Labute approximate surface area is 305 Å². The summed E-state index contributed by atoms with van der Waals surface area (Å²) in [6.45, 7) is 3.38. The third-order valence-corrected chi connectivity index (χ3v) is 8.95. The molecular weight excluding hydrogens is 737 g/mol. The Hall–Kier alpha value is -4.27. The summed E-state index contributed by atoms with van der Waals surface area (Å²) in [6, 6.07) is 4.29. The van der Waals surface area contributed by atoms with Crippen molar-refractivity contribution in [1.82, 2.24) is 0 Å². The quantitative estimate of drug-likeness (QED) is 0.0257. The molecule has 20 heteroatoms. The van der Waals surface area contributed by atoms with Crippen molar-refractivity contribution in [3.05, 3.63) is 53.2 Å². The van der Waals surface area contributed by atoms with Gasteiger partial charge in [0.2, 0.25) is 11.8 Å². The fourth-order valence-electron chi connectivity index (χ4n) is 4.27. The number of carbonyl (C=O) groups excluding carboxylic acids is 3. The molecule has 2 rings (SSSR count). The van der Waals surface area contributed by atoms with Crippen LogP contribution in [0.1, 0.15) is 44.2 Å². The molecule has 1 atom stereocenters. The molecule has 0 saturated heterocycles. The number of hydrogen-bond donors (Lipinski definition) is 7. The van der Waals surface area contributed by atoms with Gasteiger partial charge in [-0.25, -0.2) is 0 Å². The van der Waals surface area contributed by atoms with Gasteiger partial charge in [-0.05, 0) is 63.1 Å². The van der Waals surface area contributed by atoms with Gasteiger partial charge < -0.3 is 38.9 Å². The van der Waals surface area contributed by atoms with E-state index >= 15 is 0 Å². The number of guanidine groups is 1. The fraction of sp³-hybridized carbons (Fsp3) is 0.406. The highest BCUT2D eigenvalue weighted by atomic mass is 32.2. The molecule has 0 heterocycles. The van der Waals surface area contributed by atoms with Gasteiger partial charge in [0.1, 0.15) is 5.70 Å². The molecule has 2 aromatic rings. The highest BCUT2D eigenvalue weighted by Crippen LogP contribution is 2.41. The van der Waals surface area contributed by atoms with Crippen molar-refractivity contribution in [3.8, 4) is 0 Å². The van der Waals surface area contributed by atoms with Crippen molar-refractivity contribution in [2.75, 3.05) is 47.1 Å². The van der Waals surface area contributed by atoms with Crippen molar-refractivity contribution >= 4 is 70.5 Å². The van der Waals surface area contributed by atoms with E-state index in [1.165, 1.54) is 26.1 Å². The highest BCUT2D eigenvalue weighted by molar-refractivity contribution is 7.99. The molecule has 11 N–H and O–H groups in total. The van der Waals surface area contributed by atoms with Gasteiger partial charge in [0, 0.05) is 48.7 Å². The van der Waals surface area contributed by atoms with Crippen LogP contribution in [0.15, 0.2) is 61.9 Å². The summed E-state index contributed by atoms with van der Waals surface area (Å²) in [5, 5.41) is 7.35. The summed E-state index contributed by atoms with van der Waals surface area (Å²) in [5.74, 6) is -3.17. The van der Waals surface area contributed by atoms with E-state index in [4.69, 9.17) is 22.9 Å². The van der Waals surface area contributed by atoms with E-state index in [1.807, 2.05) is 0 Å². The number of benzene rings is 2. The van der Waals surface area contributed by atoms with Crippen LogP contribution in [0.25, 0.3) is 0 Å². The smallest absolute Gasteiger partial charge is 0.370 e. The lowest BCUT2D eigenvalue weighted by molar-refractivity contribution is -0.138. The van der Waals surface area contributed by atoms with E-state index in [0.717, 1.165) is 47.8 Å². The zero-order valence-corrected chi connectivity index (χ0v) is 29.9. The summed E-state index contributed by atoms with van der Waals surface area (Å²) in [4.78, 5) is 47.6. The molecule has 0 aliphatic heterocycles. The van der Waals surface area contributed by atoms with Gasteiger partial charge in [-0.2, -0.15) is 26.3 Å². The molecule has 0 fully saturated rings. The van der Waals surface area contributed by atoms with Crippen molar-refractivity contribution in [3.63, 3.8) is 0 Å². The number of alkyl halides is 6. The topological polar surface area (TPSA) is 216 Å². The van der Waals surface area contributed by atoms with Gasteiger partial charge in [-0.3, -0.25) is 24.4 Å². The number of thioether (sulfide) groups is 2. The second-order valence-electron chi connectivity index (χ2n) is 10.9. The summed E-state index contributed by atoms with van der Waals surface area (Å²) in [5.41, 5.74) is 18.5. The van der Waals surface area contributed by atoms with Crippen LogP contribution in [0.3, 0.4) is 0 Å². The maximum atomic E-state index is 14.0. The minimum Gasteiger partial charge on any atom is -0.370 e. The highest BCUT2D eigenvalue weighted by Gasteiger charge is 2.34. The minimum atomic E-state index is -4.87. The van der Waals surface area contributed by atoms with Crippen LogP contribution in [0.4, 0.5) is 43.4 Å². The Morgan fingerprint density at radius 1 is 0.846 bits per heavy atom. The number of nitrogens with one attached hydrogen (secondary N) is 3. The first-order chi connectivity index (χ1) is 24.4. The average molecular weight is 778 g/mol. The standard InChI is InChI=1S/C32H41F6N9O3S2/c1-3-43-24(29(50)46-21-15-19(31(33,34)35)7-8-25(21)51-12-9-39)14-18(2)28(49)47-23-17-20(32(36,37)38)16-22(27(23)52-13-10-40)45-26(48)6-4-5-11-44-30(41)42/h3,7-8,14-18H,4-6,9-13,39-40H2,1-2H3,(H,45,48)(H,46,50)(H,47,49)(H4,41,42,44)/b24-14-,43-3?.